The quantitative estimate of drug-likeness (QED) is 0.675. The molecule has 0 N–H and O–H groups in total. The second kappa shape index (κ2) is 4.54. The summed E-state index contributed by atoms with van der Waals surface area (Å²) in [5.41, 5.74) is 6.93. The Balaban J connectivity index is 2.50. The third-order valence-electron chi connectivity index (χ3n) is 4.85. The maximum atomic E-state index is 2.51. The minimum atomic E-state index is -1.47. The number of allylic oxidation sites excluding steroid dienone is 4. The van der Waals surface area contributed by atoms with Crippen molar-refractivity contribution in [2.24, 2.45) is 0 Å². The SMILES string of the molecule is CC1=C(C)C([Si](C)(C)c2ccccc2)C(C)=C1C. The van der Waals surface area contributed by atoms with Crippen molar-refractivity contribution in [3.63, 3.8) is 0 Å². The Kier molecular flexibility index (Phi) is 3.37. The van der Waals surface area contributed by atoms with Crippen LogP contribution in [-0.2, 0) is 0 Å². The fraction of sp³-hybridized carbons (Fsp3) is 0.412. The van der Waals surface area contributed by atoms with Crippen molar-refractivity contribution >= 4 is 13.3 Å². The lowest BCUT2D eigenvalue weighted by molar-refractivity contribution is 1.08. The minimum absolute atomic E-state index is 0.680. The number of benzene rings is 1. The molecule has 0 spiro atoms. The van der Waals surface area contributed by atoms with E-state index >= 15 is 0 Å². The molecule has 0 radical (unpaired) electrons. The first kappa shape index (κ1) is 13.4. The van der Waals surface area contributed by atoms with Crippen LogP contribution in [-0.4, -0.2) is 8.07 Å². The summed E-state index contributed by atoms with van der Waals surface area (Å²) in [6, 6.07) is 11.1. The lowest BCUT2D eigenvalue weighted by Gasteiger charge is -2.33. The summed E-state index contributed by atoms with van der Waals surface area (Å²) in [6.45, 7) is 14.2. The molecule has 0 nitrogen and oxygen atoms in total. The Bertz CT molecular complexity index is 494. The van der Waals surface area contributed by atoms with Gasteiger partial charge in [-0.05, 0) is 38.8 Å². The predicted molar refractivity (Wildman–Crippen MR) is 84.1 cm³/mol. The summed E-state index contributed by atoms with van der Waals surface area (Å²) in [7, 11) is -1.47. The van der Waals surface area contributed by atoms with E-state index in [0.717, 1.165) is 0 Å². The third kappa shape index (κ3) is 1.91. The van der Waals surface area contributed by atoms with Gasteiger partial charge in [0.05, 0.1) is 8.07 Å². The number of rotatable bonds is 2. The molecule has 0 aromatic heterocycles. The van der Waals surface area contributed by atoms with Crippen molar-refractivity contribution in [1.29, 1.82) is 0 Å². The van der Waals surface area contributed by atoms with Gasteiger partial charge in [-0.2, -0.15) is 0 Å². The highest BCUT2D eigenvalue weighted by Gasteiger charge is 2.39. The van der Waals surface area contributed by atoms with Gasteiger partial charge in [-0.3, -0.25) is 0 Å². The topological polar surface area (TPSA) is 0 Å². The number of hydrogen-bond acceptors (Lipinski definition) is 0. The maximum absolute atomic E-state index is 2.51. The Morgan fingerprint density at radius 1 is 0.778 bits per heavy atom. The van der Waals surface area contributed by atoms with Gasteiger partial charge in [0.25, 0.3) is 0 Å². The molecule has 1 aliphatic carbocycles. The van der Waals surface area contributed by atoms with E-state index in [1.54, 1.807) is 16.3 Å². The van der Waals surface area contributed by atoms with Crippen LogP contribution in [0.1, 0.15) is 27.7 Å². The van der Waals surface area contributed by atoms with Crippen LogP contribution in [0.3, 0.4) is 0 Å². The first-order chi connectivity index (χ1) is 8.37. The molecule has 1 aromatic rings. The highest BCUT2D eigenvalue weighted by molar-refractivity contribution is 6.92. The summed E-state index contributed by atoms with van der Waals surface area (Å²) in [5, 5.41) is 1.57. The summed E-state index contributed by atoms with van der Waals surface area (Å²) in [4.78, 5) is 0. The van der Waals surface area contributed by atoms with Gasteiger partial charge >= 0.3 is 0 Å². The maximum Gasteiger partial charge on any atom is 0.0918 e. The molecule has 96 valence electrons. The normalized spacial score (nSPS) is 17.9. The molecule has 0 saturated carbocycles. The molecular formula is C17H24Si. The zero-order chi connectivity index (χ0) is 13.5. The largest absolute Gasteiger partial charge is 0.0918 e. The molecular weight excluding hydrogens is 232 g/mol. The Morgan fingerprint density at radius 3 is 1.67 bits per heavy atom. The fourth-order valence-electron chi connectivity index (χ4n) is 3.47. The van der Waals surface area contributed by atoms with Gasteiger partial charge in [0.1, 0.15) is 0 Å². The molecule has 0 heterocycles. The summed E-state index contributed by atoms with van der Waals surface area (Å²) in [5.74, 6) is 0. The molecule has 0 unspecified atom stereocenters. The molecule has 0 saturated heterocycles. The van der Waals surface area contributed by atoms with Gasteiger partial charge in [0.15, 0.2) is 0 Å². The van der Waals surface area contributed by atoms with Crippen LogP contribution in [0, 0.1) is 0 Å². The molecule has 1 aliphatic rings. The van der Waals surface area contributed by atoms with Crippen LogP contribution in [0.5, 0.6) is 0 Å². The second-order valence-corrected chi connectivity index (χ2v) is 10.7. The van der Waals surface area contributed by atoms with Crippen molar-refractivity contribution in [2.75, 3.05) is 0 Å². The fourth-order valence-corrected chi connectivity index (χ4v) is 7.45. The minimum Gasteiger partial charge on any atom is -0.0653 e. The lowest BCUT2D eigenvalue weighted by atomic mass is 10.1. The van der Waals surface area contributed by atoms with E-state index in [4.69, 9.17) is 0 Å². The van der Waals surface area contributed by atoms with Crippen LogP contribution < -0.4 is 5.19 Å². The highest BCUT2D eigenvalue weighted by atomic mass is 28.3. The zero-order valence-electron chi connectivity index (χ0n) is 12.5. The summed E-state index contributed by atoms with van der Waals surface area (Å²) < 4.78 is 0. The monoisotopic (exact) mass is 256 g/mol. The van der Waals surface area contributed by atoms with Gasteiger partial charge in [-0.1, -0.05) is 59.8 Å². The average Bonchev–Trinajstić information content (AvgIpc) is 2.55. The molecule has 0 atom stereocenters. The van der Waals surface area contributed by atoms with Gasteiger partial charge in [-0.25, -0.2) is 0 Å². The predicted octanol–water partition coefficient (Wildman–Crippen LogP) is 4.66. The molecule has 0 fully saturated rings. The van der Waals surface area contributed by atoms with Crippen LogP contribution in [0.15, 0.2) is 52.6 Å². The second-order valence-electron chi connectivity index (χ2n) is 6.14. The highest BCUT2D eigenvalue weighted by Crippen LogP contribution is 2.46. The van der Waals surface area contributed by atoms with E-state index in [2.05, 4.69) is 71.1 Å². The van der Waals surface area contributed by atoms with Gasteiger partial charge in [0, 0.05) is 5.54 Å². The van der Waals surface area contributed by atoms with Crippen molar-refractivity contribution in [2.45, 2.75) is 46.3 Å². The Labute approximate surface area is 112 Å². The summed E-state index contributed by atoms with van der Waals surface area (Å²) >= 11 is 0. The van der Waals surface area contributed by atoms with E-state index in [0.29, 0.717) is 5.54 Å². The van der Waals surface area contributed by atoms with Crippen LogP contribution in [0.25, 0.3) is 0 Å². The van der Waals surface area contributed by atoms with Crippen LogP contribution in [0.4, 0.5) is 0 Å². The van der Waals surface area contributed by atoms with Crippen molar-refractivity contribution in [3.8, 4) is 0 Å². The third-order valence-corrected chi connectivity index (χ3v) is 8.98. The zero-order valence-corrected chi connectivity index (χ0v) is 13.5. The Morgan fingerprint density at radius 2 is 1.22 bits per heavy atom. The molecule has 0 bridgehead atoms. The van der Waals surface area contributed by atoms with Crippen molar-refractivity contribution in [3.05, 3.63) is 52.6 Å². The molecule has 0 aliphatic heterocycles. The van der Waals surface area contributed by atoms with Gasteiger partial charge in [-0.15, -0.1) is 0 Å². The first-order valence-corrected chi connectivity index (χ1v) is 9.85. The van der Waals surface area contributed by atoms with Crippen molar-refractivity contribution < 1.29 is 0 Å². The standard InChI is InChI=1S/C17H24Si/c1-12-13(2)15(4)17(14(12)3)18(5,6)16-10-8-7-9-11-16/h7-11,17H,1-6H3. The molecule has 2 rings (SSSR count). The molecule has 18 heavy (non-hydrogen) atoms. The molecule has 1 aromatic carbocycles. The van der Waals surface area contributed by atoms with E-state index in [9.17, 15) is 0 Å². The summed E-state index contributed by atoms with van der Waals surface area (Å²) in [6.07, 6.45) is 0. The van der Waals surface area contributed by atoms with E-state index in [-0.39, 0.29) is 0 Å². The average molecular weight is 256 g/mol. The van der Waals surface area contributed by atoms with Crippen LogP contribution >= 0.6 is 0 Å². The van der Waals surface area contributed by atoms with Gasteiger partial charge < -0.3 is 0 Å². The molecule has 0 amide bonds. The van der Waals surface area contributed by atoms with Crippen LogP contribution in [0.2, 0.25) is 18.6 Å². The van der Waals surface area contributed by atoms with Crippen molar-refractivity contribution in [1.82, 2.24) is 0 Å². The first-order valence-electron chi connectivity index (χ1n) is 6.78. The lowest BCUT2D eigenvalue weighted by Crippen LogP contribution is -2.46. The van der Waals surface area contributed by atoms with E-state index in [1.807, 2.05) is 0 Å². The number of hydrogen-bond donors (Lipinski definition) is 0. The van der Waals surface area contributed by atoms with E-state index in [1.165, 1.54) is 11.1 Å². The Hall–Kier alpha value is -1.08. The smallest absolute Gasteiger partial charge is 0.0653 e. The molecule has 1 heteroatoms. The van der Waals surface area contributed by atoms with E-state index < -0.39 is 8.07 Å². The van der Waals surface area contributed by atoms with Gasteiger partial charge in [0.2, 0.25) is 0 Å².